The Hall–Kier alpha value is -3.04. The molecule has 3 rings (SSSR count). The Balaban J connectivity index is 2.03. The zero-order chi connectivity index (χ0) is 21.8. The number of benzene rings is 2. The summed E-state index contributed by atoms with van der Waals surface area (Å²) in [6, 6.07) is 8.93. The van der Waals surface area contributed by atoms with Crippen molar-refractivity contribution in [2.45, 2.75) is 0 Å². The molecule has 1 fully saturated rings. The fourth-order valence-electron chi connectivity index (χ4n) is 2.78. The molecule has 0 aliphatic carbocycles. The zero-order valence-electron chi connectivity index (χ0n) is 15.8. The Bertz CT molecular complexity index is 1090. The van der Waals surface area contributed by atoms with Gasteiger partial charge < -0.3 is 9.47 Å². The van der Waals surface area contributed by atoms with E-state index in [9.17, 15) is 14.0 Å². The quantitative estimate of drug-likeness (QED) is 0.287. The number of nitrogens with one attached hydrogen (secondary N) is 1. The van der Waals surface area contributed by atoms with E-state index in [4.69, 9.17) is 21.7 Å². The van der Waals surface area contributed by atoms with E-state index in [1.165, 1.54) is 31.4 Å². The fourth-order valence-corrected chi connectivity index (χ4v) is 3.63. The summed E-state index contributed by atoms with van der Waals surface area (Å²) < 4.78 is 25.7. The molecule has 1 aliphatic rings. The highest BCUT2D eigenvalue weighted by molar-refractivity contribution is 9.10. The maximum atomic E-state index is 14.2. The van der Waals surface area contributed by atoms with Crippen LogP contribution in [0.3, 0.4) is 0 Å². The molecule has 30 heavy (non-hydrogen) atoms. The first kappa shape index (κ1) is 21.7. The lowest BCUT2D eigenvalue weighted by Crippen LogP contribution is -2.54. The van der Waals surface area contributed by atoms with Crippen molar-refractivity contribution in [1.82, 2.24) is 5.32 Å². The molecule has 2 aromatic carbocycles. The molecule has 0 spiro atoms. The summed E-state index contributed by atoms with van der Waals surface area (Å²) >= 11 is 8.48. The SMILES string of the molecule is C=CCOc1c(Br)cc(/C=C2\C(=O)NC(=S)N(c3ccccc3F)C2=O)cc1OC. The standard InChI is InChI=1S/C21H16BrFN2O4S/c1-3-8-29-18-14(22)10-12(11-17(18)28-2)9-13-19(26)24-21(30)25(20(13)27)16-7-5-4-6-15(16)23/h3-7,9-11H,1,8H2,2H3,(H,24,26,30)/b13-9+. The van der Waals surface area contributed by atoms with E-state index < -0.39 is 17.6 Å². The Morgan fingerprint density at radius 3 is 2.70 bits per heavy atom. The van der Waals surface area contributed by atoms with Crippen molar-refractivity contribution in [3.05, 3.63) is 70.5 Å². The molecular weight excluding hydrogens is 475 g/mol. The van der Waals surface area contributed by atoms with E-state index in [0.717, 1.165) is 4.90 Å². The fraction of sp³-hybridized carbons (Fsp3) is 0.0952. The predicted octanol–water partition coefficient (Wildman–Crippen LogP) is 3.99. The van der Waals surface area contributed by atoms with Crippen LogP contribution in [0.2, 0.25) is 0 Å². The van der Waals surface area contributed by atoms with Crippen LogP contribution < -0.4 is 19.7 Å². The first-order valence-electron chi connectivity index (χ1n) is 8.64. The highest BCUT2D eigenvalue weighted by atomic mass is 79.9. The van der Waals surface area contributed by atoms with E-state index in [1.807, 2.05) is 0 Å². The number of nitrogens with zero attached hydrogens (tertiary/aromatic N) is 1. The van der Waals surface area contributed by atoms with E-state index in [2.05, 4.69) is 27.8 Å². The summed E-state index contributed by atoms with van der Waals surface area (Å²) in [4.78, 5) is 26.4. The Morgan fingerprint density at radius 2 is 2.03 bits per heavy atom. The topological polar surface area (TPSA) is 67.9 Å². The van der Waals surface area contributed by atoms with Crippen molar-refractivity contribution in [1.29, 1.82) is 0 Å². The number of amides is 2. The molecule has 1 saturated heterocycles. The van der Waals surface area contributed by atoms with Crippen LogP contribution >= 0.6 is 28.1 Å². The molecule has 0 bridgehead atoms. The van der Waals surface area contributed by atoms with Crippen LogP contribution in [-0.4, -0.2) is 30.6 Å². The summed E-state index contributed by atoms with van der Waals surface area (Å²) in [6.45, 7) is 3.87. The molecule has 9 heteroatoms. The molecule has 1 heterocycles. The van der Waals surface area contributed by atoms with Gasteiger partial charge in [-0.3, -0.25) is 14.9 Å². The van der Waals surface area contributed by atoms with Crippen LogP contribution in [0.4, 0.5) is 10.1 Å². The van der Waals surface area contributed by atoms with Gasteiger partial charge in [0.15, 0.2) is 16.6 Å². The average molecular weight is 491 g/mol. The molecule has 1 aliphatic heterocycles. The van der Waals surface area contributed by atoms with Gasteiger partial charge in [-0.05, 0) is 64.1 Å². The molecule has 2 aromatic rings. The van der Waals surface area contributed by atoms with E-state index >= 15 is 0 Å². The molecule has 0 saturated carbocycles. The molecule has 6 nitrogen and oxygen atoms in total. The maximum absolute atomic E-state index is 14.2. The lowest BCUT2D eigenvalue weighted by atomic mass is 10.1. The molecule has 0 atom stereocenters. The number of ether oxygens (including phenoxy) is 2. The largest absolute Gasteiger partial charge is 0.493 e. The van der Waals surface area contributed by atoms with Gasteiger partial charge in [0.2, 0.25) is 0 Å². The molecule has 154 valence electrons. The molecule has 0 radical (unpaired) electrons. The summed E-state index contributed by atoms with van der Waals surface area (Å²) in [5.41, 5.74) is 0.232. The lowest BCUT2D eigenvalue weighted by molar-refractivity contribution is -0.122. The van der Waals surface area contributed by atoms with Gasteiger partial charge in [-0.15, -0.1) is 0 Å². The minimum Gasteiger partial charge on any atom is -0.493 e. The molecular formula is C21H16BrFN2O4S. The number of anilines is 1. The Kier molecular flexibility index (Phi) is 6.63. The van der Waals surface area contributed by atoms with Crippen LogP contribution in [-0.2, 0) is 9.59 Å². The van der Waals surface area contributed by atoms with Crippen molar-refractivity contribution < 1.29 is 23.5 Å². The Morgan fingerprint density at radius 1 is 1.30 bits per heavy atom. The summed E-state index contributed by atoms with van der Waals surface area (Å²) in [5, 5.41) is 2.23. The van der Waals surface area contributed by atoms with E-state index in [1.54, 1.807) is 24.3 Å². The van der Waals surface area contributed by atoms with Crippen LogP contribution in [0.15, 0.2) is 59.1 Å². The minimum atomic E-state index is -0.740. The number of halogens is 2. The number of hydrogen-bond donors (Lipinski definition) is 1. The van der Waals surface area contributed by atoms with Crippen molar-refractivity contribution in [3.8, 4) is 11.5 Å². The highest BCUT2D eigenvalue weighted by Gasteiger charge is 2.35. The first-order chi connectivity index (χ1) is 14.4. The normalized spacial score (nSPS) is 15.2. The van der Waals surface area contributed by atoms with Crippen LogP contribution in [0, 0.1) is 5.82 Å². The van der Waals surface area contributed by atoms with Gasteiger partial charge in [0, 0.05) is 0 Å². The van der Waals surface area contributed by atoms with Crippen molar-refractivity contribution in [3.63, 3.8) is 0 Å². The van der Waals surface area contributed by atoms with Gasteiger partial charge in [-0.1, -0.05) is 24.8 Å². The van der Waals surface area contributed by atoms with Gasteiger partial charge in [0.1, 0.15) is 18.0 Å². The van der Waals surface area contributed by atoms with E-state index in [-0.39, 0.29) is 23.0 Å². The van der Waals surface area contributed by atoms with E-state index in [0.29, 0.717) is 21.5 Å². The number of hydrogen-bond acceptors (Lipinski definition) is 5. The highest BCUT2D eigenvalue weighted by Crippen LogP contribution is 2.37. The second kappa shape index (κ2) is 9.19. The second-order valence-corrected chi connectivity index (χ2v) is 7.28. The van der Waals surface area contributed by atoms with Crippen LogP contribution in [0.25, 0.3) is 6.08 Å². The summed E-state index contributed by atoms with van der Waals surface area (Å²) in [5.74, 6) is -1.22. The number of thiocarbonyl (C=S) groups is 1. The minimum absolute atomic E-state index is 0.0506. The van der Waals surface area contributed by atoms with Crippen molar-refractivity contribution in [2.24, 2.45) is 0 Å². The van der Waals surface area contributed by atoms with Gasteiger partial charge in [0.25, 0.3) is 11.8 Å². The molecule has 0 unspecified atom stereocenters. The molecule has 2 amide bonds. The average Bonchev–Trinajstić information content (AvgIpc) is 2.71. The number of para-hydroxylation sites is 1. The van der Waals surface area contributed by atoms with Crippen molar-refractivity contribution >= 4 is 56.8 Å². The van der Waals surface area contributed by atoms with Gasteiger partial charge in [-0.2, -0.15) is 0 Å². The smallest absolute Gasteiger partial charge is 0.270 e. The van der Waals surface area contributed by atoms with Crippen LogP contribution in [0.1, 0.15) is 5.56 Å². The lowest BCUT2D eigenvalue weighted by Gasteiger charge is -2.29. The molecule has 0 aromatic heterocycles. The third-order valence-electron chi connectivity index (χ3n) is 4.10. The summed E-state index contributed by atoms with van der Waals surface area (Å²) in [6.07, 6.45) is 2.96. The van der Waals surface area contributed by atoms with Crippen molar-refractivity contribution in [2.75, 3.05) is 18.6 Å². The van der Waals surface area contributed by atoms with Gasteiger partial charge >= 0.3 is 0 Å². The second-order valence-electron chi connectivity index (χ2n) is 6.04. The van der Waals surface area contributed by atoms with Gasteiger partial charge in [0.05, 0.1) is 17.3 Å². The number of methoxy groups -OCH3 is 1. The van der Waals surface area contributed by atoms with Crippen LogP contribution in [0.5, 0.6) is 11.5 Å². The number of carbonyl (C=O) groups is 2. The number of carbonyl (C=O) groups excluding carboxylic acids is 2. The zero-order valence-corrected chi connectivity index (χ0v) is 18.2. The molecule has 1 N–H and O–H groups in total. The third kappa shape index (κ3) is 4.27. The predicted molar refractivity (Wildman–Crippen MR) is 119 cm³/mol. The van der Waals surface area contributed by atoms with Gasteiger partial charge in [-0.25, -0.2) is 9.29 Å². The maximum Gasteiger partial charge on any atom is 0.270 e. The number of rotatable bonds is 6. The monoisotopic (exact) mass is 490 g/mol. The third-order valence-corrected chi connectivity index (χ3v) is 4.98. The Labute approximate surface area is 186 Å². The first-order valence-corrected chi connectivity index (χ1v) is 9.84. The summed E-state index contributed by atoms with van der Waals surface area (Å²) in [7, 11) is 1.47.